The summed E-state index contributed by atoms with van der Waals surface area (Å²) in [6.07, 6.45) is 0. The molecule has 0 heterocycles. The van der Waals surface area contributed by atoms with Crippen molar-refractivity contribution in [3.8, 4) is 22.6 Å². The van der Waals surface area contributed by atoms with E-state index in [-0.39, 0.29) is 11.9 Å². The molecule has 0 radical (unpaired) electrons. The molecule has 0 bridgehead atoms. The van der Waals surface area contributed by atoms with Gasteiger partial charge < -0.3 is 26.7 Å². The van der Waals surface area contributed by atoms with Gasteiger partial charge in [-0.2, -0.15) is 4.99 Å². The third-order valence-corrected chi connectivity index (χ3v) is 3.08. The molecule has 0 unspecified atom stereocenters. The van der Waals surface area contributed by atoms with Crippen molar-refractivity contribution in [1.29, 1.82) is 0 Å². The summed E-state index contributed by atoms with van der Waals surface area (Å²) in [6, 6.07) is 13.1. The molecular weight excluding hydrogens is 294 g/mol. The van der Waals surface area contributed by atoms with Gasteiger partial charge in [0.15, 0.2) is 17.5 Å². The molecule has 0 atom stereocenters. The Hall–Kier alpha value is -3.22. The van der Waals surface area contributed by atoms with Gasteiger partial charge in [0, 0.05) is 5.56 Å². The van der Waals surface area contributed by atoms with Crippen LogP contribution in [0.25, 0.3) is 11.1 Å². The van der Waals surface area contributed by atoms with E-state index in [1.807, 2.05) is 42.5 Å². The van der Waals surface area contributed by atoms with Gasteiger partial charge in [0.25, 0.3) is 0 Å². The van der Waals surface area contributed by atoms with E-state index in [1.54, 1.807) is 14.2 Å². The zero-order chi connectivity index (χ0) is 16.8. The predicted molar refractivity (Wildman–Crippen MR) is 92.1 cm³/mol. The third kappa shape index (κ3) is 3.91. The van der Waals surface area contributed by atoms with Crippen LogP contribution in [0.15, 0.2) is 52.4 Å². The Kier molecular flexibility index (Phi) is 5.03. The molecule has 2 aromatic carbocycles. The van der Waals surface area contributed by atoms with Crippen molar-refractivity contribution in [2.45, 2.75) is 0 Å². The summed E-state index contributed by atoms with van der Waals surface area (Å²) < 4.78 is 10.6. The fourth-order valence-corrected chi connectivity index (χ4v) is 2.10. The zero-order valence-corrected chi connectivity index (χ0v) is 13.0. The third-order valence-electron chi connectivity index (χ3n) is 3.08. The number of hydrogen-bond acceptors (Lipinski definition) is 3. The first kappa shape index (κ1) is 16.2. The molecule has 23 heavy (non-hydrogen) atoms. The topological polar surface area (TPSA) is 121 Å². The highest BCUT2D eigenvalue weighted by atomic mass is 16.5. The van der Waals surface area contributed by atoms with Crippen molar-refractivity contribution in [2.24, 2.45) is 27.2 Å². The number of guanidine groups is 2. The van der Waals surface area contributed by atoms with Gasteiger partial charge in [-0.25, -0.2) is 4.99 Å². The van der Waals surface area contributed by atoms with Crippen molar-refractivity contribution in [2.75, 3.05) is 14.2 Å². The fraction of sp³-hybridized carbons (Fsp3) is 0.125. The van der Waals surface area contributed by atoms with E-state index in [4.69, 9.17) is 26.7 Å². The van der Waals surface area contributed by atoms with Crippen molar-refractivity contribution in [3.63, 3.8) is 0 Å². The minimum atomic E-state index is -0.144. The second kappa shape index (κ2) is 7.17. The van der Waals surface area contributed by atoms with Crippen LogP contribution in [0.4, 0.5) is 5.69 Å². The molecule has 0 saturated carbocycles. The van der Waals surface area contributed by atoms with Crippen LogP contribution in [0, 0.1) is 0 Å². The summed E-state index contributed by atoms with van der Waals surface area (Å²) >= 11 is 0. The summed E-state index contributed by atoms with van der Waals surface area (Å²) in [4.78, 5) is 7.97. The molecule has 120 valence electrons. The molecule has 0 spiro atoms. The Morgan fingerprint density at radius 3 is 2.26 bits per heavy atom. The lowest BCUT2D eigenvalue weighted by Crippen LogP contribution is -2.26. The smallest absolute Gasteiger partial charge is 0.223 e. The number of nitrogens with two attached hydrogens (primary N) is 3. The number of para-hydroxylation sites is 1. The van der Waals surface area contributed by atoms with Crippen molar-refractivity contribution in [1.82, 2.24) is 0 Å². The van der Waals surface area contributed by atoms with E-state index in [2.05, 4.69) is 9.98 Å². The predicted octanol–water partition coefficient (Wildman–Crippen LogP) is 1.59. The number of rotatable bonds is 4. The van der Waals surface area contributed by atoms with E-state index in [0.717, 1.165) is 11.1 Å². The molecule has 7 nitrogen and oxygen atoms in total. The molecule has 2 aromatic rings. The van der Waals surface area contributed by atoms with E-state index < -0.39 is 0 Å². The van der Waals surface area contributed by atoms with Crippen molar-refractivity contribution in [3.05, 3.63) is 42.5 Å². The summed E-state index contributed by atoms with van der Waals surface area (Å²) in [5.74, 6) is 1.12. The zero-order valence-electron chi connectivity index (χ0n) is 13.0. The fourth-order valence-electron chi connectivity index (χ4n) is 2.10. The SMILES string of the molecule is COc1ccc(-c2ccccc2N=C(N)N=C(N)N)cc1OC. The lowest BCUT2D eigenvalue weighted by molar-refractivity contribution is 0.355. The number of nitrogens with zero attached hydrogens (tertiary/aromatic N) is 2. The standard InChI is InChI=1S/C16H19N5O2/c1-22-13-8-7-10(9-14(13)23-2)11-5-3-4-6-12(11)20-16(19)21-15(17)18/h3-9H,1-2H3,(H6,17,18,19,20,21). The molecule has 6 N–H and O–H groups in total. The first-order valence-corrected chi connectivity index (χ1v) is 6.80. The highest BCUT2D eigenvalue weighted by Crippen LogP contribution is 2.36. The molecule has 0 aliphatic rings. The Labute approximate surface area is 134 Å². The lowest BCUT2D eigenvalue weighted by Gasteiger charge is -2.11. The molecule has 0 aliphatic carbocycles. The molecule has 7 heteroatoms. The summed E-state index contributed by atoms with van der Waals surface area (Å²) in [6.45, 7) is 0. The number of aliphatic imine (C=N–C) groups is 2. The normalized spacial score (nSPS) is 11.0. The van der Waals surface area contributed by atoms with Crippen molar-refractivity contribution >= 4 is 17.6 Å². The van der Waals surface area contributed by atoms with Gasteiger partial charge in [0.2, 0.25) is 5.96 Å². The monoisotopic (exact) mass is 313 g/mol. The molecule has 2 rings (SSSR count). The summed E-state index contributed by atoms with van der Waals surface area (Å²) in [5, 5.41) is 0. The summed E-state index contributed by atoms with van der Waals surface area (Å²) in [5.41, 5.74) is 18.7. The Bertz CT molecular complexity index is 752. The second-order valence-corrected chi connectivity index (χ2v) is 4.59. The second-order valence-electron chi connectivity index (χ2n) is 4.59. The van der Waals surface area contributed by atoms with Crippen LogP contribution >= 0.6 is 0 Å². The average Bonchev–Trinajstić information content (AvgIpc) is 2.54. The average molecular weight is 313 g/mol. The molecule has 0 saturated heterocycles. The van der Waals surface area contributed by atoms with Gasteiger partial charge in [-0.1, -0.05) is 24.3 Å². The largest absolute Gasteiger partial charge is 0.493 e. The van der Waals surface area contributed by atoms with E-state index >= 15 is 0 Å². The van der Waals surface area contributed by atoms with Gasteiger partial charge in [0.1, 0.15) is 0 Å². The van der Waals surface area contributed by atoms with E-state index in [1.165, 1.54) is 0 Å². The van der Waals surface area contributed by atoms with Gasteiger partial charge in [0.05, 0.1) is 19.9 Å². The first-order valence-electron chi connectivity index (χ1n) is 6.80. The maximum absolute atomic E-state index is 5.71. The molecule has 0 aliphatic heterocycles. The van der Waals surface area contributed by atoms with Gasteiger partial charge >= 0.3 is 0 Å². The minimum Gasteiger partial charge on any atom is -0.493 e. The molecule has 0 aromatic heterocycles. The lowest BCUT2D eigenvalue weighted by atomic mass is 10.0. The van der Waals surface area contributed by atoms with Crippen LogP contribution in [0.3, 0.4) is 0 Å². The van der Waals surface area contributed by atoms with E-state index in [0.29, 0.717) is 17.2 Å². The Morgan fingerprint density at radius 1 is 0.913 bits per heavy atom. The minimum absolute atomic E-state index is 0.0158. The highest BCUT2D eigenvalue weighted by molar-refractivity contribution is 5.94. The first-order chi connectivity index (χ1) is 11.0. The van der Waals surface area contributed by atoms with Gasteiger partial charge in [-0.05, 0) is 23.8 Å². The quantitative estimate of drug-likeness (QED) is 0.584. The Morgan fingerprint density at radius 2 is 1.61 bits per heavy atom. The summed E-state index contributed by atoms with van der Waals surface area (Å²) in [7, 11) is 3.17. The Balaban J connectivity index is 2.51. The molecule has 0 fully saturated rings. The van der Waals surface area contributed by atoms with Crippen LogP contribution in [0.2, 0.25) is 0 Å². The number of benzene rings is 2. The molecular formula is C16H19N5O2. The van der Waals surface area contributed by atoms with Crippen LogP contribution in [0.1, 0.15) is 0 Å². The van der Waals surface area contributed by atoms with Gasteiger partial charge in [-0.3, -0.25) is 0 Å². The molecule has 0 amide bonds. The van der Waals surface area contributed by atoms with Gasteiger partial charge in [-0.15, -0.1) is 0 Å². The number of methoxy groups -OCH3 is 2. The maximum atomic E-state index is 5.71. The highest BCUT2D eigenvalue weighted by Gasteiger charge is 2.09. The van der Waals surface area contributed by atoms with Crippen LogP contribution in [-0.2, 0) is 0 Å². The van der Waals surface area contributed by atoms with Crippen LogP contribution < -0.4 is 26.7 Å². The maximum Gasteiger partial charge on any atom is 0.223 e. The van der Waals surface area contributed by atoms with Crippen molar-refractivity contribution < 1.29 is 9.47 Å². The van der Waals surface area contributed by atoms with Crippen LogP contribution in [-0.4, -0.2) is 26.1 Å². The van der Waals surface area contributed by atoms with E-state index in [9.17, 15) is 0 Å². The number of ether oxygens (including phenoxy) is 2. The van der Waals surface area contributed by atoms with Crippen LogP contribution in [0.5, 0.6) is 11.5 Å². The number of hydrogen-bond donors (Lipinski definition) is 3.